The van der Waals surface area contributed by atoms with Crippen LogP contribution < -0.4 is 10.6 Å². The number of carbonyl (C=O) groups excluding carboxylic acids is 3. The van der Waals surface area contributed by atoms with Crippen LogP contribution in [0.5, 0.6) is 0 Å². The Morgan fingerprint density at radius 3 is 2.32 bits per heavy atom. The van der Waals surface area contributed by atoms with Crippen LogP contribution in [-0.4, -0.2) is 59.0 Å². The van der Waals surface area contributed by atoms with Crippen molar-refractivity contribution in [3.05, 3.63) is 35.4 Å². The number of carbonyl (C=O) groups is 3. The molecule has 1 aromatic rings. The van der Waals surface area contributed by atoms with E-state index >= 15 is 0 Å². The van der Waals surface area contributed by atoms with Gasteiger partial charge in [-0.25, -0.2) is 4.79 Å². The Morgan fingerprint density at radius 1 is 1.02 bits per heavy atom. The Balaban J connectivity index is 2.43. The maximum Gasteiger partial charge on any atom is 0.408 e. The number of unbranched alkanes of at least 4 members (excludes halogenated alkanes) is 5. The number of ether oxygens (including phenoxy) is 1. The third kappa shape index (κ3) is 12.7. The van der Waals surface area contributed by atoms with Crippen LogP contribution >= 0.6 is 11.8 Å². The maximum atomic E-state index is 14.4. The number of hydrogen-bond acceptors (Lipinski definition) is 5. The van der Waals surface area contributed by atoms with E-state index in [2.05, 4.69) is 17.6 Å². The Morgan fingerprint density at radius 2 is 1.68 bits per heavy atom. The molecule has 1 aliphatic carbocycles. The molecular formula is C33H55N3O4S. The second kappa shape index (κ2) is 18.3. The Labute approximate surface area is 253 Å². The van der Waals surface area contributed by atoms with Crippen molar-refractivity contribution in [3.8, 4) is 0 Å². The molecule has 0 spiro atoms. The summed E-state index contributed by atoms with van der Waals surface area (Å²) in [5.41, 5.74) is 1.12. The summed E-state index contributed by atoms with van der Waals surface area (Å²) in [6.07, 6.45) is 13.6. The van der Waals surface area contributed by atoms with Crippen molar-refractivity contribution in [2.24, 2.45) is 0 Å². The van der Waals surface area contributed by atoms with Crippen LogP contribution in [-0.2, 0) is 14.3 Å². The van der Waals surface area contributed by atoms with Gasteiger partial charge in [0, 0.05) is 12.6 Å². The topological polar surface area (TPSA) is 87.7 Å². The van der Waals surface area contributed by atoms with Gasteiger partial charge in [0.1, 0.15) is 17.7 Å². The fourth-order valence-electron chi connectivity index (χ4n) is 5.44. The molecular weight excluding hydrogens is 534 g/mol. The van der Waals surface area contributed by atoms with Crippen molar-refractivity contribution in [1.29, 1.82) is 0 Å². The van der Waals surface area contributed by atoms with Crippen molar-refractivity contribution in [2.45, 2.75) is 135 Å². The van der Waals surface area contributed by atoms with Crippen LogP contribution in [0.1, 0.15) is 122 Å². The van der Waals surface area contributed by atoms with Crippen molar-refractivity contribution in [2.75, 3.05) is 18.6 Å². The summed E-state index contributed by atoms with van der Waals surface area (Å²) >= 11 is 1.62. The lowest BCUT2D eigenvalue weighted by Gasteiger charge is -2.36. The third-order valence-corrected chi connectivity index (χ3v) is 8.27. The van der Waals surface area contributed by atoms with E-state index in [1.54, 1.807) is 37.4 Å². The van der Waals surface area contributed by atoms with E-state index in [0.29, 0.717) is 18.7 Å². The molecule has 0 heterocycles. The minimum absolute atomic E-state index is 0.126. The van der Waals surface area contributed by atoms with Gasteiger partial charge in [-0.2, -0.15) is 11.8 Å². The van der Waals surface area contributed by atoms with E-state index in [9.17, 15) is 14.4 Å². The summed E-state index contributed by atoms with van der Waals surface area (Å²) in [7, 11) is 0. The molecule has 3 amide bonds. The molecule has 2 atom stereocenters. The van der Waals surface area contributed by atoms with Crippen LogP contribution in [0.4, 0.5) is 4.79 Å². The highest BCUT2D eigenvalue weighted by molar-refractivity contribution is 7.98. The molecule has 0 radical (unpaired) electrons. The molecule has 1 fully saturated rings. The van der Waals surface area contributed by atoms with Crippen molar-refractivity contribution in [1.82, 2.24) is 15.5 Å². The average molecular weight is 590 g/mol. The number of thioether (sulfide) groups is 1. The van der Waals surface area contributed by atoms with Crippen molar-refractivity contribution >= 4 is 29.7 Å². The summed E-state index contributed by atoms with van der Waals surface area (Å²) in [4.78, 5) is 43.1. The molecule has 232 valence electrons. The van der Waals surface area contributed by atoms with Crippen molar-refractivity contribution in [3.63, 3.8) is 0 Å². The minimum atomic E-state index is -0.786. The van der Waals surface area contributed by atoms with E-state index in [-0.39, 0.29) is 17.9 Å². The monoisotopic (exact) mass is 589 g/mol. The molecule has 1 aromatic carbocycles. The Bertz CT molecular complexity index is 943. The van der Waals surface area contributed by atoms with Crippen LogP contribution in [0, 0.1) is 6.92 Å². The summed E-state index contributed by atoms with van der Waals surface area (Å²) in [6, 6.07) is 6.42. The fourth-order valence-corrected chi connectivity index (χ4v) is 5.91. The summed E-state index contributed by atoms with van der Waals surface area (Å²) in [5.74, 6) is 0.331. The molecule has 41 heavy (non-hydrogen) atoms. The normalized spacial score (nSPS) is 15.6. The first-order valence-corrected chi connectivity index (χ1v) is 17.1. The summed E-state index contributed by atoms with van der Waals surface area (Å²) < 4.78 is 5.52. The van der Waals surface area contributed by atoms with E-state index in [4.69, 9.17) is 4.74 Å². The SMILES string of the molecule is CCCCCCCCN(C(=O)C(CCSC)NC(=O)OC(C)(C)C)C(C(=O)NC1CCCCC1)c1ccccc1C. The van der Waals surface area contributed by atoms with Gasteiger partial charge in [0.25, 0.3) is 0 Å². The van der Waals surface area contributed by atoms with E-state index in [1.807, 2.05) is 37.4 Å². The van der Waals surface area contributed by atoms with Gasteiger partial charge in [0.15, 0.2) is 0 Å². The minimum Gasteiger partial charge on any atom is -0.444 e. The summed E-state index contributed by atoms with van der Waals surface area (Å²) in [6.45, 7) is 10.1. The maximum absolute atomic E-state index is 14.4. The van der Waals surface area contributed by atoms with Crippen LogP contribution in [0.25, 0.3) is 0 Å². The molecule has 8 heteroatoms. The van der Waals surface area contributed by atoms with Gasteiger partial charge in [-0.05, 0) is 76.5 Å². The molecule has 2 rings (SSSR count). The molecule has 0 aromatic heterocycles. The highest BCUT2D eigenvalue weighted by Crippen LogP contribution is 2.28. The molecule has 2 N–H and O–H groups in total. The van der Waals surface area contributed by atoms with Crippen LogP contribution in [0.2, 0.25) is 0 Å². The first-order chi connectivity index (χ1) is 19.6. The van der Waals surface area contributed by atoms with Gasteiger partial charge in [0.2, 0.25) is 11.8 Å². The molecule has 0 saturated heterocycles. The molecule has 1 aliphatic rings. The first kappa shape index (κ1) is 35.0. The summed E-state index contributed by atoms with van der Waals surface area (Å²) in [5, 5.41) is 6.15. The predicted molar refractivity (Wildman–Crippen MR) is 170 cm³/mol. The number of alkyl carbamates (subject to hydrolysis) is 1. The number of hydrogen-bond donors (Lipinski definition) is 2. The zero-order valence-electron chi connectivity index (χ0n) is 26.4. The molecule has 1 saturated carbocycles. The van der Waals surface area contributed by atoms with Gasteiger partial charge in [-0.15, -0.1) is 0 Å². The Hall–Kier alpha value is -2.22. The van der Waals surface area contributed by atoms with Gasteiger partial charge < -0.3 is 20.3 Å². The van der Waals surface area contributed by atoms with Gasteiger partial charge in [-0.3, -0.25) is 9.59 Å². The van der Waals surface area contributed by atoms with Gasteiger partial charge >= 0.3 is 6.09 Å². The lowest BCUT2D eigenvalue weighted by atomic mass is 9.93. The van der Waals surface area contributed by atoms with Crippen LogP contribution in [0.15, 0.2) is 24.3 Å². The van der Waals surface area contributed by atoms with Gasteiger partial charge in [-0.1, -0.05) is 82.6 Å². The number of aryl methyl sites for hydroxylation is 1. The van der Waals surface area contributed by atoms with E-state index in [0.717, 1.165) is 56.1 Å². The number of nitrogens with zero attached hydrogens (tertiary/aromatic N) is 1. The van der Waals surface area contributed by atoms with Crippen molar-refractivity contribution < 1.29 is 19.1 Å². The second-order valence-corrected chi connectivity index (χ2v) is 13.4. The second-order valence-electron chi connectivity index (χ2n) is 12.4. The highest BCUT2D eigenvalue weighted by atomic mass is 32.2. The lowest BCUT2D eigenvalue weighted by molar-refractivity contribution is -0.143. The zero-order valence-corrected chi connectivity index (χ0v) is 27.2. The van der Waals surface area contributed by atoms with E-state index < -0.39 is 23.8 Å². The van der Waals surface area contributed by atoms with E-state index in [1.165, 1.54) is 25.7 Å². The zero-order chi connectivity index (χ0) is 30.3. The quantitative estimate of drug-likeness (QED) is 0.197. The lowest BCUT2D eigenvalue weighted by Crippen LogP contribution is -2.54. The number of rotatable bonds is 16. The molecule has 2 unspecified atom stereocenters. The van der Waals surface area contributed by atoms with Crippen LogP contribution in [0.3, 0.4) is 0 Å². The standard InChI is InChI=1S/C33H55N3O4S/c1-7-8-9-10-11-17-23-36(31(38)28(22-24-41-6)35-32(39)40-33(3,4)5)29(27-21-16-15-18-25(27)2)30(37)34-26-19-13-12-14-20-26/h15-16,18,21,26,28-29H,7-14,17,19-20,22-24H2,1-6H3,(H,34,37)(H,35,39). The highest BCUT2D eigenvalue weighted by Gasteiger charge is 2.37. The number of nitrogens with one attached hydrogen (secondary N) is 2. The smallest absolute Gasteiger partial charge is 0.408 e. The van der Waals surface area contributed by atoms with Gasteiger partial charge in [0.05, 0.1) is 0 Å². The number of amides is 3. The molecule has 0 bridgehead atoms. The largest absolute Gasteiger partial charge is 0.444 e. The first-order valence-electron chi connectivity index (χ1n) is 15.7. The molecule has 7 nitrogen and oxygen atoms in total. The fraction of sp³-hybridized carbons (Fsp3) is 0.727. The molecule has 0 aliphatic heterocycles. The average Bonchev–Trinajstić information content (AvgIpc) is 2.92. The number of benzene rings is 1. The Kier molecular flexibility index (Phi) is 15.7. The predicted octanol–water partition coefficient (Wildman–Crippen LogP) is 7.32. The third-order valence-electron chi connectivity index (χ3n) is 7.63.